The van der Waals surface area contributed by atoms with Gasteiger partial charge < -0.3 is 14.3 Å². The fourth-order valence-corrected chi connectivity index (χ4v) is 2.72. The van der Waals surface area contributed by atoms with Gasteiger partial charge in [0.05, 0.1) is 14.2 Å². The highest BCUT2D eigenvalue weighted by Gasteiger charge is 2.31. The Hall–Kier alpha value is -3.22. The standard InChI is InChI=1S/C16H13N3O4/c1-21-13-7-9-14(8-10(13)16(20)22-2)23-18-19-12-6-4-3-5-11(12)17-15(9)19/h3-8,18H,1-2H3/p+1. The molecular formula is C16H14N3O4+. The van der Waals surface area contributed by atoms with Crippen LogP contribution in [-0.4, -0.2) is 25.2 Å². The van der Waals surface area contributed by atoms with Crippen LogP contribution in [0, 0.1) is 0 Å². The van der Waals surface area contributed by atoms with Crippen LogP contribution in [0.1, 0.15) is 10.4 Å². The Morgan fingerprint density at radius 1 is 1.22 bits per heavy atom. The van der Waals surface area contributed by atoms with E-state index in [1.165, 1.54) is 14.2 Å². The molecule has 7 heteroatoms. The first-order chi connectivity index (χ1) is 11.2. The van der Waals surface area contributed by atoms with Gasteiger partial charge in [-0.05, 0) is 12.1 Å². The maximum Gasteiger partial charge on any atom is 0.341 e. The number of imidazole rings is 1. The second-order valence-corrected chi connectivity index (χ2v) is 5.06. The molecule has 3 aromatic rings. The summed E-state index contributed by atoms with van der Waals surface area (Å²) >= 11 is 0. The molecule has 0 spiro atoms. The quantitative estimate of drug-likeness (QED) is 0.557. The molecule has 2 aromatic carbocycles. The van der Waals surface area contributed by atoms with E-state index < -0.39 is 5.97 Å². The molecule has 116 valence electrons. The van der Waals surface area contributed by atoms with Crippen LogP contribution in [0.25, 0.3) is 22.4 Å². The molecule has 23 heavy (non-hydrogen) atoms. The number of esters is 1. The summed E-state index contributed by atoms with van der Waals surface area (Å²) in [4.78, 5) is 20.8. The average molecular weight is 312 g/mol. The number of methoxy groups -OCH3 is 2. The Morgan fingerprint density at radius 2 is 2.04 bits per heavy atom. The number of carbonyl (C=O) groups excluding carboxylic acids is 1. The summed E-state index contributed by atoms with van der Waals surface area (Å²) < 4.78 is 11.9. The Morgan fingerprint density at radius 3 is 2.83 bits per heavy atom. The highest BCUT2D eigenvalue weighted by molar-refractivity contribution is 5.94. The molecule has 0 radical (unpaired) electrons. The molecule has 0 unspecified atom stereocenters. The summed E-state index contributed by atoms with van der Waals surface area (Å²) in [5.41, 5.74) is 5.85. The van der Waals surface area contributed by atoms with Crippen molar-refractivity contribution in [3.63, 3.8) is 0 Å². The Balaban J connectivity index is 1.96. The molecule has 0 atom stereocenters. The molecule has 0 bridgehead atoms. The Kier molecular flexibility index (Phi) is 2.87. The van der Waals surface area contributed by atoms with Crippen molar-refractivity contribution < 1.29 is 23.8 Å². The number of H-pyrrole nitrogens is 1. The number of carbonyl (C=O) groups is 1. The second-order valence-electron chi connectivity index (χ2n) is 5.06. The van der Waals surface area contributed by atoms with E-state index in [0.717, 1.165) is 22.4 Å². The van der Waals surface area contributed by atoms with Crippen molar-refractivity contribution in [3.05, 3.63) is 42.0 Å². The van der Waals surface area contributed by atoms with Gasteiger partial charge >= 0.3 is 11.8 Å². The summed E-state index contributed by atoms with van der Waals surface area (Å²) in [6.45, 7) is 0. The summed E-state index contributed by atoms with van der Waals surface area (Å²) in [6, 6.07) is 11.2. The van der Waals surface area contributed by atoms with E-state index in [2.05, 4.69) is 10.6 Å². The number of benzene rings is 2. The lowest BCUT2D eigenvalue weighted by Crippen LogP contribution is -2.50. The predicted octanol–water partition coefficient (Wildman–Crippen LogP) is 1.77. The van der Waals surface area contributed by atoms with Crippen LogP contribution >= 0.6 is 0 Å². The number of ether oxygens (including phenoxy) is 2. The molecule has 4 rings (SSSR count). The minimum atomic E-state index is -0.483. The van der Waals surface area contributed by atoms with E-state index in [-0.39, 0.29) is 0 Å². The van der Waals surface area contributed by atoms with Crippen LogP contribution in [0.3, 0.4) is 0 Å². The van der Waals surface area contributed by atoms with Crippen LogP contribution in [0.5, 0.6) is 11.5 Å². The zero-order chi connectivity index (χ0) is 16.0. The minimum Gasteiger partial charge on any atom is -0.496 e. The van der Waals surface area contributed by atoms with Crippen LogP contribution in [0.2, 0.25) is 0 Å². The van der Waals surface area contributed by atoms with E-state index >= 15 is 0 Å². The van der Waals surface area contributed by atoms with Gasteiger partial charge in [-0.3, -0.25) is 0 Å². The zero-order valence-electron chi connectivity index (χ0n) is 12.5. The average Bonchev–Trinajstić information content (AvgIpc) is 2.98. The highest BCUT2D eigenvalue weighted by Crippen LogP contribution is 2.36. The number of para-hydroxylation sites is 2. The molecule has 2 N–H and O–H groups in total. The molecule has 0 aliphatic carbocycles. The molecule has 1 aliphatic heterocycles. The van der Waals surface area contributed by atoms with Crippen molar-refractivity contribution in [3.8, 4) is 22.9 Å². The van der Waals surface area contributed by atoms with Crippen molar-refractivity contribution in [2.24, 2.45) is 0 Å². The number of nitrogens with one attached hydrogen (secondary N) is 2. The van der Waals surface area contributed by atoms with E-state index in [1.54, 1.807) is 16.8 Å². The summed E-state index contributed by atoms with van der Waals surface area (Å²) in [5, 5.41) is 0. The van der Waals surface area contributed by atoms with Gasteiger partial charge in [0, 0.05) is 12.1 Å². The van der Waals surface area contributed by atoms with Gasteiger partial charge in [0.15, 0.2) is 11.3 Å². The molecule has 0 fully saturated rings. The summed E-state index contributed by atoms with van der Waals surface area (Å²) in [7, 11) is 2.83. The van der Waals surface area contributed by atoms with E-state index in [4.69, 9.17) is 14.3 Å². The van der Waals surface area contributed by atoms with Crippen molar-refractivity contribution in [1.82, 2.24) is 4.98 Å². The number of hydrogen-bond donors (Lipinski definition) is 2. The van der Waals surface area contributed by atoms with Crippen molar-refractivity contribution in [2.75, 3.05) is 19.8 Å². The molecule has 7 nitrogen and oxygen atoms in total. The smallest absolute Gasteiger partial charge is 0.341 e. The number of aromatic amines is 1. The highest BCUT2D eigenvalue weighted by atomic mass is 16.7. The van der Waals surface area contributed by atoms with Crippen LogP contribution in [-0.2, 0) is 4.74 Å². The fourth-order valence-electron chi connectivity index (χ4n) is 2.72. The topological polar surface area (TPSA) is 76.5 Å². The number of fused-ring (bicyclic) bond motifs is 5. The van der Waals surface area contributed by atoms with E-state index in [9.17, 15) is 4.79 Å². The number of aromatic nitrogens is 2. The largest absolute Gasteiger partial charge is 0.496 e. The third kappa shape index (κ3) is 1.90. The molecule has 1 aromatic heterocycles. The fraction of sp³-hybridized carbons (Fsp3) is 0.125. The maximum atomic E-state index is 11.9. The molecule has 2 heterocycles. The van der Waals surface area contributed by atoms with Crippen LogP contribution in [0.15, 0.2) is 36.4 Å². The van der Waals surface area contributed by atoms with E-state index in [0.29, 0.717) is 17.1 Å². The lowest BCUT2D eigenvalue weighted by atomic mass is 10.1. The molecule has 0 saturated heterocycles. The SMILES string of the molecule is COC(=O)c1cc2c(cc1OC)-c1[nH]c3ccccc3[n+]1NO2. The second kappa shape index (κ2) is 4.91. The Labute approximate surface area is 131 Å². The van der Waals surface area contributed by atoms with Gasteiger partial charge in [-0.25, -0.2) is 9.78 Å². The van der Waals surface area contributed by atoms with Gasteiger partial charge in [-0.1, -0.05) is 22.4 Å². The number of rotatable bonds is 2. The lowest BCUT2D eigenvalue weighted by molar-refractivity contribution is -0.640. The van der Waals surface area contributed by atoms with Crippen LogP contribution in [0.4, 0.5) is 0 Å². The normalized spacial score (nSPS) is 11.9. The molecule has 0 saturated carbocycles. The molecular weight excluding hydrogens is 298 g/mol. The molecule has 1 aliphatic rings. The number of nitrogens with zero attached hydrogens (tertiary/aromatic N) is 1. The van der Waals surface area contributed by atoms with Gasteiger partial charge in [0.25, 0.3) is 0 Å². The van der Waals surface area contributed by atoms with Gasteiger partial charge in [0.2, 0.25) is 5.52 Å². The third-order valence-electron chi connectivity index (χ3n) is 3.83. The van der Waals surface area contributed by atoms with Gasteiger partial charge in [0.1, 0.15) is 16.9 Å². The van der Waals surface area contributed by atoms with Crippen molar-refractivity contribution in [2.45, 2.75) is 0 Å². The van der Waals surface area contributed by atoms with Crippen LogP contribution < -0.4 is 19.8 Å². The van der Waals surface area contributed by atoms with Gasteiger partial charge in [-0.15, -0.1) is 0 Å². The predicted molar refractivity (Wildman–Crippen MR) is 81.8 cm³/mol. The summed E-state index contributed by atoms with van der Waals surface area (Å²) in [5.74, 6) is 1.26. The van der Waals surface area contributed by atoms with Gasteiger partial charge in [-0.2, -0.15) is 0 Å². The van der Waals surface area contributed by atoms with Crippen molar-refractivity contribution >= 4 is 17.0 Å². The summed E-state index contributed by atoms with van der Waals surface area (Å²) in [6.07, 6.45) is 0. The maximum absolute atomic E-state index is 11.9. The van der Waals surface area contributed by atoms with E-state index in [1.807, 2.05) is 24.3 Å². The lowest BCUT2D eigenvalue weighted by Gasteiger charge is -2.17. The first-order valence-electron chi connectivity index (χ1n) is 6.99. The molecule has 0 amide bonds. The minimum absolute atomic E-state index is 0.306. The first kappa shape index (κ1) is 13.4. The Bertz CT molecular complexity index is 932. The number of hydrogen-bond acceptors (Lipinski definition) is 5. The monoisotopic (exact) mass is 312 g/mol. The zero-order valence-corrected chi connectivity index (χ0v) is 12.5. The van der Waals surface area contributed by atoms with Crippen molar-refractivity contribution in [1.29, 1.82) is 0 Å². The first-order valence-corrected chi connectivity index (χ1v) is 6.99. The third-order valence-corrected chi connectivity index (χ3v) is 3.83.